The lowest BCUT2D eigenvalue weighted by atomic mass is 9.83. The van der Waals surface area contributed by atoms with Crippen molar-refractivity contribution in [3.05, 3.63) is 69.0 Å². The highest BCUT2D eigenvalue weighted by molar-refractivity contribution is 5.62. The van der Waals surface area contributed by atoms with Gasteiger partial charge in [0.25, 0.3) is 5.56 Å². The van der Waals surface area contributed by atoms with Gasteiger partial charge < -0.3 is 13.7 Å². The number of hydrogen-bond acceptors (Lipinski definition) is 5. The van der Waals surface area contributed by atoms with E-state index in [-0.39, 0.29) is 5.56 Å². The number of piperidine rings is 1. The number of fused-ring (bicyclic) bond motifs is 4. The first-order valence-electron chi connectivity index (χ1n) is 11.0. The number of oxazole rings is 1. The Bertz CT molecular complexity index is 1190. The summed E-state index contributed by atoms with van der Waals surface area (Å²) < 4.78 is 13.5. The van der Waals surface area contributed by atoms with Crippen LogP contribution in [0.5, 0.6) is 5.75 Å². The van der Waals surface area contributed by atoms with E-state index in [0.717, 1.165) is 66.5 Å². The van der Waals surface area contributed by atoms with Gasteiger partial charge in [-0.3, -0.25) is 9.69 Å². The SMILES string of the molecule is COc1cc(C)c(-c2nc(CN3C[C@@H]4C[C@@H](C3)c3cccc(=O)n3C4)c(C)o2)cc1C. The number of likely N-dealkylation sites (tertiary alicyclic amines) is 1. The second kappa shape index (κ2) is 7.68. The van der Waals surface area contributed by atoms with Crippen molar-refractivity contribution in [1.29, 1.82) is 0 Å². The van der Waals surface area contributed by atoms with Crippen LogP contribution in [-0.4, -0.2) is 34.7 Å². The minimum Gasteiger partial charge on any atom is -0.496 e. The van der Waals surface area contributed by atoms with Gasteiger partial charge in [0.2, 0.25) is 5.89 Å². The van der Waals surface area contributed by atoms with Crippen LogP contribution < -0.4 is 10.3 Å². The van der Waals surface area contributed by atoms with Crippen molar-refractivity contribution in [2.75, 3.05) is 20.2 Å². The summed E-state index contributed by atoms with van der Waals surface area (Å²) in [5.74, 6) is 3.33. The lowest BCUT2D eigenvalue weighted by Crippen LogP contribution is -2.46. The Hall–Kier alpha value is -2.86. The van der Waals surface area contributed by atoms with E-state index in [9.17, 15) is 4.79 Å². The summed E-state index contributed by atoms with van der Waals surface area (Å²) in [4.78, 5) is 19.6. The highest BCUT2D eigenvalue weighted by Crippen LogP contribution is 2.36. The van der Waals surface area contributed by atoms with Crippen LogP contribution in [-0.2, 0) is 13.1 Å². The normalized spacial score (nSPS) is 20.5. The number of methoxy groups -OCH3 is 1. The molecule has 3 aromatic rings. The molecule has 1 aromatic carbocycles. The fraction of sp³-hybridized carbons (Fsp3) is 0.440. The van der Waals surface area contributed by atoms with E-state index < -0.39 is 0 Å². The molecule has 5 rings (SSSR count). The molecule has 2 aliphatic heterocycles. The molecule has 6 nitrogen and oxygen atoms in total. The molecule has 162 valence electrons. The van der Waals surface area contributed by atoms with Gasteiger partial charge in [-0.25, -0.2) is 4.98 Å². The Morgan fingerprint density at radius 2 is 1.97 bits per heavy atom. The number of aromatic nitrogens is 2. The number of rotatable bonds is 4. The van der Waals surface area contributed by atoms with Gasteiger partial charge in [-0.1, -0.05) is 6.07 Å². The summed E-state index contributed by atoms with van der Waals surface area (Å²) in [6.07, 6.45) is 1.16. The molecule has 0 unspecified atom stereocenters. The van der Waals surface area contributed by atoms with Gasteiger partial charge >= 0.3 is 0 Å². The van der Waals surface area contributed by atoms with Crippen LogP contribution in [0.2, 0.25) is 0 Å². The standard InChI is InChI=1S/C25H29N3O3/c1-15-9-23(30-4)16(2)8-20(15)25-26-21(17(3)31-25)14-27-11-18-10-19(13-27)22-6-5-7-24(29)28(22)12-18/h5-9,18-19H,10-14H2,1-4H3/t18-,19-/m0/s1. The van der Waals surface area contributed by atoms with Gasteiger partial charge in [0.15, 0.2) is 0 Å². The summed E-state index contributed by atoms with van der Waals surface area (Å²) in [7, 11) is 1.69. The van der Waals surface area contributed by atoms with Crippen molar-refractivity contribution in [1.82, 2.24) is 14.5 Å². The number of ether oxygens (including phenoxy) is 1. The van der Waals surface area contributed by atoms with Crippen LogP contribution in [0.25, 0.3) is 11.5 Å². The smallest absolute Gasteiger partial charge is 0.250 e. The molecular weight excluding hydrogens is 390 g/mol. The molecule has 0 amide bonds. The monoisotopic (exact) mass is 419 g/mol. The largest absolute Gasteiger partial charge is 0.496 e. The second-order valence-electron chi connectivity index (χ2n) is 9.05. The third-order valence-electron chi connectivity index (χ3n) is 6.79. The van der Waals surface area contributed by atoms with Crippen molar-refractivity contribution in [3.63, 3.8) is 0 Å². The Balaban J connectivity index is 1.38. The van der Waals surface area contributed by atoms with Gasteiger partial charge in [0.05, 0.1) is 12.8 Å². The molecule has 0 saturated carbocycles. The fourth-order valence-corrected chi connectivity index (χ4v) is 5.27. The van der Waals surface area contributed by atoms with Gasteiger partial charge in [-0.2, -0.15) is 0 Å². The van der Waals surface area contributed by atoms with E-state index in [1.54, 1.807) is 13.2 Å². The third-order valence-corrected chi connectivity index (χ3v) is 6.79. The summed E-state index contributed by atoms with van der Waals surface area (Å²) in [6, 6.07) is 9.80. The zero-order chi connectivity index (χ0) is 21.7. The maximum absolute atomic E-state index is 12.3. The molecule has 0 spiro atoms. The molecule has 1 saturated heterocycles. The number of pyridine rings is 1. The molecule has 1 fully saturated rings. The Morgan fingerprint density at radius 1 is 1.13 bits per heavy atom. The van der Waals surface area contributed by atoms with E-state index in [1.807, 2.05) is 30.5 Å². The molecule has 2 aromatic heterocycles. The highest BCUT2D eigenvalue weighted by Gasteiger charge is 2.34. The number of benzene rings is 1. The van der Waals surface area contributed by atoms with Crippen molar-refractivity contribution < 1.29 is 9.15 Å². The molecule has 6 heteroatoms. The van der Waals surface area contributed by atoms with Crippen LogP contribution in [0.1, 0.15) is 40.6 Å². The van der Waals surface area contributed by atoms with Crippen LogP contribution in [0.4, 0.5) is 0 Å². The number of nitrogens with zero attached hydrogens (tertiary/aromatic N) is 3. The van der Waals surface area contributed by atoms with Crippen LogP contribution in [0, 0.1) is 26.7 Å². The minimum atomic E-state index is 0.128. The predicted molar refractivity (Wildman–Crippen MR) is 120 cm³/mol. The maximum Gasteiger partial charge on any atom is 0.250 e. The molecule has 31 heavy (non-hydrogen) atoms. The van der Waals surface area contributed by atoms with E-state index in [2.05, 4.69) is 24.0 Å². The van der Waals surface area contributed by atoms with E-state index in [1.165, 1.54) is 5.69 Å². The molecule has 4 heterocycles. The maximum atomic E-state index is 12.3. The van der Waals surface area contributed by atoms with Gasteiger partial charge in [0.1, 0.15) is 11.5 Å². The fourth-order valence-electron chi connectivity index (χ4n) is 5.27. The molecule has 2 atom stereocenters. The van der Waals surface area contributed by atoms with Crippen molar-refractivity contribution >= 4 is 0 Å². The Kier molecular flexibility index (Phi) is 4.97. The van der Waals surface area contributed by atoms with Crippen LogP contribution >= 0.6 is 0 Å². The molecule has 0 aliphatic carbocycles. The summed E-state index contributed by atoms with van der Waals surface area (Å²) in [5.41, 5.74) is 5.46. The summed E-state index contributed by atoms with van der Waals surface area (Å²) in [5, 5.41) is 0. The topological polar surface area (TPSA) is 60.5 Å². The first-order valence-corrected chi connectivity index (χ1v) is 11.0. The second-order valence-corrected chi connectivity index (χ2v) is 9.05. The molecule has 2 aliphatic rings. The number of hydrogen-bond donors (Lipinski definition) is 0. The van der Waals surface area contributed by atoms with Gasteiger partial charge in [-0.05, 0) is 62.4 Å². The van der Waals surface area contributed by atoms with Crippen LogP contribution in [0.15, 0.2) is 39.5 Å². The average molecular weight is 420 g/mol. The van der Waals surface area contributed by atoms with Gasteiger partial charge in [0, 0.05) is 49.4 Å². The Morgan fingerprint density at radius 3 is 2.77 bits per heavy atom. The van der Waals surface area contributed by atoms with Gasteiger partial charge in [-0.15, -0.1) is 0 Å². The quantitative estimate of drug-likeness (QED) is 0.638. The van der Waals surface area contributed by atoms with E-state index >= 15 is 0 Å². The van der Waals surface area contributed by atoms with Crippen LogP contribution in [0.3, 0.4) is 0 Å². The molecule has 0 N–H and O–H groups in total. The Labute approximate surface area is 182 Å². The summed E-state index contributed by atoms with van der Waals surface area (Å²) in [6.45, 7) is 9.61. The minimum absolute atomic E-state index is 0.128. The lowest BCUT2D eigenvalue weighted by Gasteiger charge is -2.42. The third kappa shape index (κ3) is 3.59. The average Bonchev–Trinajstić information content (AvgIpc) is 3.10. The molecule has 2 bridgehead atoms. The van der Waals surface area contributed by atoms with E-state index in [0.29, 0.717) is 17.7 Å². The van der Waals surface area contributed by atoms with Crippen molar-refractivity contribution in [3.8, 4) is 17.2 Å². The van der Waals surface area contributed by atoms with Crippen molar-refractivity contribution in [2.24, 2.45) is 5.92 Å². The van der Waals surface area contributed by atoms with E-state index in [4.69, 9.17) is 14.1 Å². The first kappa shape index (κ1) is 20.1. The molecular formula is C25H29N3O3. The molecule has 0 radical (unpaired) electrons. The predicted octanol–water partition coefficient (Wildman–Crippen LogP) is 4.06. The number of aryl methyl sites for hydroxylation is 3. The first-order chi connectivity index (χ1) is 14.9. The van der Waals surface area contributed by atoms with Crippen molar-refractivity contribution in [2.45, 2.75) is 46.2 Å². The summed E-state index contributed by atoms with van der Waals surface area (Å²) >= 11 is 0. The highest BCUT2D eigenvalue weighted by atomic mass is 16.5. The zero-order valence-corrected chi connectivity index (χ0v) is 18.6. The zero-order valence-electron chi connectivity index (χ0n) is 18.6. The lowest BCUT2D eigenvalue weighted by molar-refractivity contribution is 0.113.